The van der Waals surface area contributed by atoms with Gasteiger partial charge in [-0.25, -0.2) is 9.78 Å². The van der Waals surface area contributed by atoms with Crippen LogP contribution in [0, 0.1) is 0 Å². The monoisotopic (exact) mass is 590 g/mol. The van der Waals surface area contributed by atoms with Gasteiger partial charge in [0.2, 0.25) is 0 Å². The maximum Gasteiger partial charge on any atom is 0.407 e. The van der Waals surface area contributed by atoms with Crippen LogP contribution in [-0.4, -0.2) is 82.8 Å². The van der Waals surface area contributed by atoms with Gasteiger partial charge in [0, 0.05) is 23.9 Å². The Hall–Kier alpha value is -3.78. The number of nitrogens with two attached hydrogens (primary N) is 1. The van der Waals surface area contributed by atoms with E-state index in [1.165, 1.54) is 17.1 Å². The number of aromatic amines is 1. The first-order valence-corrected chi connectivity index (χ1v) is 13.1. The maximum absolute atomic E-state index is 12.9. The number of halogens is 2. The van der Waals surface area contributed by atoms with Crippen LogP contribution in [0.4, 0.5) is 13.9 Å². The number of anilines is 1. The van der Waals surface area contributed by atoms with E-state index in [0.717, 1.165) is 39.8 Å². The second kappa shape index (κ2) is 10.9. The quantitative estimate of drug-likeness (QED) is 0.0908. The Balaban J connectivity index is 1.52. The molecule has 2 aromatic rings. The number of thioether (sulfide) groups is 2. The molecule has 5 N–H and O–H groups in total. The number of nitrogen functional groups attached to an aromatic ring is 1. The van der Waals surface area contributed by atoms with Gasteiger partial charge < -0.3 is 21.0 Å². The molecule has 2 aliphatic rings. The summed E-state index contributed by atoms with van der Waals surface area (Å²) >= 11 is 3.06. The van der Waals surface area contributed by atoms with Gasteiger partial charge in [-0.05, 0) is 5.57 Å². The fourth-order valence-electron chi connectivity index (χ4n) is 3.44. The molecule has 1 unspecified atom stereocenters. The number of carbonyl (C=O) groups is 3. The molecule has 4 heterocycles. The number of H-pyrrole nitrogens is 1. The highest BCUT2D eigenvalue weighted by Crippen LogP contribution is 2.41. The summed E-state index contributed by atoms with van der Waals surface area (Å²) in [5, 5.41) is 18.2. The number of aromatic nitrogens is 4. The molecule has 0 saturated carbocycles. The Morgan fingerprint density at radius 2 is 2.13 bits per heavy atom. The molecule has 38 heavy (non-hydrogen) atoms. The number of β-lactam (4-membered cyclic amide) rings is 1. The topological polar surface area (TPSA) is 215 Å². The third kappa shape index (κ3) is 5.41. The Morgan fingerprint density at radius 3 is 2.76 bits per heavy atom. The number of carbonyl (C=O) groups excluding carboxylic acids is 2. The molecular weight excluding hydrogens is 574 g/mol. The Bertz CT molecular complexity index is 1490. The van der Waals surface area contributed by atoms with E-state index >= 15 is 0 Å². The predicted octanol–water partition coefficient (Wildman–Crippen LogP) is -1.02. The van der Waals surface area contributed by atoms with Crippen molar-refractivity contribution in [1.82, 2.24) is 30.0 Å². The van der Waals surface area contributed by atoms with Crippen molar-refractivity contribution in [1.29, 1.82) is 0 Å². The van der Waals surface area contributed by atoms with Crippen LogP contribution in [0.3, 0.4) is 0 Å². The number of nitrogens with one attached hydrogen (secondary N) is 2. The molecule has 15 nitrogen and oxygen atoms in total. The van der Waals surface area contributed by atoms with Crippen LogP contribution in [0.15, 0.2) is 36.6 Å². The lowest BCUT2D eigenvalue weighted by atomic mass is 10.0. The molecule has 0 bridgehead atoms. The molecule has 0 radical (unpaired) electrons. The molecular formula is C18H16F2N8O7S3. The van der Waals surface area contributed by atoms with Crippen molar-refractivity contribution in [3.8, 4) is 0 Å². The number of hydrogen-bond acceptors (Lipinski definition) is 13. The van der Waals surface area contributed by atoms with Gasteiger partial charge in [0.1, 0.15) is 22.8 Å². The summed E-state index contributed by atoms with van der Waals surface area (Å²) in [6.07, 6.45) is 0. The van der Waals surface area contributed by atoms with Crippen molar-refractivity contribution in [2.45, 2.75) is 23.2 Å². The first kappa shape index (κ1) is 27.3. The van der Waals surface area contributed by atoms with E-state index in [-0.39, 0.29) is 33.2 Å². The molecule has 2 aromatic heterocycles. The van der Waals surface area contributed by atoms with Crippen molar-refractivity contribution >= 4 is 63.5 Å². The number of fused-ring (bicyclic) bond motifs is 1. The van der Waals surface area contributed by atoms with E-state index < -0.39 is 52.6 Å². The lowest BCUT2D eigenvalue weighted by molar-refractivity contribution is -0.150. The molecule has 0 spiro atoms. The molecule has 20 heteroatoms. The van der Waals surface area contributed by atoms with Crippen LogP contribution >= 0.6 is 34.9 Å². The highest BCUT2D eigenvalue weighted by molar-refractivity contribution is 8.01. The van der Waals surface area contributed by atoms with Crippen LogP contribution in [0.2, 0.25) is 0 Å². The summed E-state index contributed by atoms with van der Waals surface area (Å²) in [5.41, 5.74) is 2.86. The van der Waals surface area contributed by atoms with E-state index in [1.807, 2.05) is 0 Å². The van der Waals surface area contributed by atoms with E-state index in [2.05, 4.69) is 30.4 Å². The Labute approximate surface area is 222 Å². The molecule has 4 rings (SSSR count). The highest BCUT2D eigenvalue weighted by atomic mass is 32.2. The third-order valence-corrected chi connectivity index (χ3v) is 8.19. The summed E-state index contributed by atoms with van der Waals surface area (Å²) in [5.74, 6) is -3.02. The summed E-state index contributed by atoms with van der Waals surface area (Å²) in [6, 6.07) is -1.19. The average molecular weight is 591 g/mol. The zero-order valence-electron chi connectivity index (χ0n) is 18.9. The lowest BCUT2D eigenvalue weighted by Gasteiger charge is -2.49. The number of amides is 2. The van der Waals surface area contributed by atoms with Crippen LogP contribution in [0.25, 0.3) is 0 Å². The molecule has 2 amide bonds. The number of aliphatic carboxylic acids is 1. The normalized spacial score (nSPS) is 19.3. The van der Waals surface area contributed by atoms with Gasteiger partial charge in [0.25, 0.3) is 11.8 Å². The molecule has 202 valence electrons. The smallest absolute Gasteiger partial charge is 0.407 e. The third-order valence-electron chi connectivity index (χ3n) is 5.06. The van der Waals surface area contributed by atoms with E-state index in [1.54, 1.807) is 0 Å². The number of thiazole rings is 1. The van der Waals surface area contributed by atoms with Crippen molar-refractivity contribution < 1.29 is 33.1 Å². The molecule has 1 fully saturated rings. The fourth-order valence-corrected chi connectivity index (χ4v) is 6.39. The lowest BCUT2D eigenvalue weighted by Crippen LogP contribution is -2.71. The largest absolute Gasteiger partial charge is 0.477 e. The summed E-state index contributed by atoms with van der Waals surface area (Å²) in [7, 11) is 1.45. The van der Waals surface area contributed by atoms with Gasteiger partial charge in [0.05, 0.1) is 0 Å². The summed E-state index contributed by atoms with van der Waals surface area (Å²) < 4.78 is 26.3. The standard InChI is InChI=1S/C18H16F2N8O7S3/c1-27-18(24-11(30)12(31)25-27)38-3-5-2-36-14-8(13(32)28(14)9(5)15(33)34)23-10(29)7(26-35-16(19)20)6-4-37-17(21)22-6/h4,8,14,16H,2-3H2,1H3,(H2,21,22)(H,23,29)(H,25,31)(H,33,34)/t8?,14-/m1/s1. The van der Waals surface area contributed by atoms with Crippen LogP contribution in [0.1, 0.15) is 5.69 Å². The predicted molar refractivity (Wildman–Crippen MR) is 131 cm³/mol. The van der Waals surface area contributed by atoms with Crippen molar-refractivity contribution in [3.05, 3.63) is 43.1 Å². The summed E-state index contributed by atoms with van der Waals surface area (Å²) in [6.45, 7) is -3.32. The van der Waals surface area contributed by atoms with Gasteiger partial charge in [-0.1, -0.05) is 16.9 Å². The second-order valence-electron chi connectivity index (χ2n) is 7.48. The van der Waals surface area contributed by atoms with E-state index in [9.17, 15) is 37.9 Å². The van der Waals surface area contributed by atoms with Gasteiger partial charge in [0.15, 0.2) is 16.0 Å². The number of nitrogens with zero attached hydrogens (tertiary/aromatic N) is 5. The number of rotatable bonds is 9. The molecule has 1 saturated heterocycles. The summed E-state index contributed by atoms with van der Waals surface area (Å²) in [4.78, 5) is 73.0. The number of carboxylic acids is 1. The van der Waals surface area contributed by atoms with Crippen molar-refractivity contribution in [3.63, 3.8) is 0 Å². The number of alkyl halides is 2. The van der Waals surface area contributed by atoms with Crippen LogP contribution in [0.5, 0.6) is 0 Å². The molecule has 0 aromatic carbocycles. The van der Waals surface area contributed by atoms with Crippen LogP contribution in [-0.2, 0) is 26.3 Å². The maximum atomic E-state index is 12.9. The minimum Gasteiger partial charge on any atom is -0.477 e. The van der Waals surface area contributed by atoms with Crippen LogP contribution < -0.4 is 22.2 Å². The van der Waals surface area contributed by atoms with Gasteiger partial charge in [-0.15, -0.1) is 23.1 Å². The average Bonchev–Trinajstić information content (AvgIpc) is 3.28. The minimum absolute atomic E-state index is 0.0293. The molecule has 2 atom stereocenters. The molecule has 2 aliphatic heterocycles. The van der Waals surface area contributed by atoms with Gasteiger partial charge >= 0.3 is 23.7 Å². The van der Waals surface area contributed by atoms with Crippen molar-refractivity contribution in [2.24, 2.45) is 12.2 Å². The highest BCUT2D eigenvalue weighted by Gasteiger charge is 2.54. The first-order chi connectivity index (χ1) is 18.0. The Kier molecular flexibility index (Phi) is 7.83. The molecule has 0 aliphatic carbocycles. The minimum atomic E-state index is -3.32. The number of hydrogen-bond donors (Lipinski definition) is 4. The van der Waals surface area contributed by atoms with Crippen molar-refractivity contribution in [2.75, 3.05) is 17.2 Å². The van der Waals surface area contributed by atoms with E-state index in [4.69, 9.17) is 5.73 Å². The van der Waals surface area contributed by atoms with Gasteiger partial charge in [-0.3, -0.25) is 33.9 Å². The van der Waals surface area contributed by atoms with Gasteiger partial charge in [-0.2, -0.15) is 13.8 Å². The zero-order valence-corrected chi connectivity index (χ0v) is 21.4. The number of oxime groups is 1. The first-order valence-electron chi connectivity index (χ1n) is 10.2. The zero-order chi connectivity index (χ0) is 27.7. The Morgan fingerprint density at radius 1 is 1.39 bits per heavy atom. The van der Waals surface area contributed by atoms with E-state index in [0.29, 0.717) is 5.57 Å². The number of carboxylic acid groups (broad SMARTS) is 1. The number of aryl methyl sites for hydroxylation is 1. The second-order valence-corrected chi connectivity index (χ2v) is 10.4. The SMILES string of the molecule is Cn1[nH]c(=O)c(=O)nc1SCC1=C(C(=O)O)N2C(=O)C(NC(=O)C(=NOC(F)F)c3csc(N)n3)[C@H]2SC1. The fraction of sp³-hybridized carbons (Fsp3) is 0.333.